The van der Waals surface area contributed by atoms with E-state index in [0.717, 1.165) is 0 Å². The van der Waals surface area contributed by atoms with Crippen LogP contribution in [0.3, 0.4) is 0 Å². The lowest BCUT2D eigenvalue weighted by Crippen LogP contribution is -2.46. The minimum absolute atomic E-state index is 0.00846. The van der Waals surface area contributed by atoms with Crippen molar-refractivity contribution >= 4 is 6.03 Å². The molecule has 0 rings (SSSR count). The fraction of sp³-hybridized carbons (Fsp3) is 0.909. The van der Waals surface area contributed by atoms with Crippen LogP contribution in [-0.4, -0.2) is 24.0 Å². The summed E-state index contributed by atoms with van der Waals surface area (Å²) >= 11 is 0. The summed E-state index contributed by atoms with van der Waals surface area (Å²) in [7, 11) is 0. The first kappa shape index (κ1) is 14.9. The van der Waals surface area contributed by atoms with E-state index >= 15 is 0 Å². The van der Waals surface area contributed by atoms with Gasteiger partial charge in [-0.15, -0.1) is 4.91 Å². The Morgan fingerprint density at radius 1 is 1.06 bits per heavy atom. The average Bonchev–Trinajstić information content (AvgIpc) is 1.97. The lowest BCUT2D eigenvalue weighted by Gasteiger charge is -2.33. The lowest BCUT2D eigenvalue weighted by molar-refractivity contribution is 0.146. The molecule has 0 spiro atoms. The van der Waals surface area contributed by atoms with Gasteiger partial charge in [-0.3, -0.25) is 0 Å². The van der Waals surface area contributed by atoms with E-state index in [-0.39, 0.29) is 10.8 Å². The molecule has 1 N–H and O–H groups in total. The van der Waals surface area contributed by atoms with Gasteiger partial charge in [-0.2, -0.15) is 5.43 Å². The van der Waals surface area contributed by atoms with Crippen LogP contribution in [0.15, 0.2) is 5.29 Å². The minimum Gasteiger partial charge on any atom is -0.322 e. The van der Waals surface area contributed by atoms with E-state index in [4.69, 9.17) is 0 Å². The summed E-state index contributed by atoms with van der Waals surface area (Å²) < 4.78 is 0. The van der Waals surface area contributed by atoms with E-state index in [1.807, 2.05) is 47.0 Å². The maximum atomic E-state index is 11.6. The molecule has 0 fully saturated rings. The second kappa shape index (κ2) is 5.27. The summed E-state index contributed by atoms with van der Waals surface area (Å²) in [5.74, 6) is 0. The Balaban J connectivity index is 4.63. The minimum atomic E-state index is -0.431. The molecule has 0 aliphatic carbocycles. The third-order valence-electron chi connectivity index (χ3n) is 1.76. The first-order chi connectivity index (χ1) is 7.05. The molecule has 0 saturated carbocycles. The maximum absolute atomic E-state index is 11.6. The van der Waals surface area contributed by atoms with Crippen molar-refractivity contribution in [2.24, 2.45) is 16.1 Å². The van der Waals surface area contributed by atoms with Crippen LogP contribution in [0.4, 0.5) is 4.79 Å². The van der Waals surface area contributed by atoms with Crippen molar-refractivity contribution in [1.29, 1.82) is 0 Å². The highest BCUT2D eigenvalue weighted by Crippen LogP contribution is 2.20. The Morgan fingerprint density at radius 2 is 1.44 bits per heavy atom. The molecule has 0 saturated heterocycles. The zero-order valence-electron chi connectivity index (χ0n) is 11.1. The highest BCUT2D eigenvalue weighted by molar-refractivity contribution is 5.73. The number of rotatable bonds is 3. The molecule has 94 valence electrons. The third kappa shape index (κ3) is 7.20. The fourth-order valence-electron chi connectivity index (χ4n) is 1.45. The van der Waals surface area contributed by atoms with E-state index in [2.05, 4.69) is 5.29 Å². The van der Waals surface area contributed by atoms with E-state index in [0.29, 0.717) is 13.1 Å². The summed E-state index contributed by atoms with van der Waals surface area (Å²) in [5.41, 5.74) is 1.93. The molecule has 2 amide bonds. The van der Waals surface area contributed by atoms with Gasteiger partial charge in [0.25, 0.3) is 0 Å². The number of nitrogens with zero attached hydrogens (tertiary/aromatic N) is 2. The van der Waals surface area contributed by atoms with Gasteiger partial charge in [0, 0.05) is 13.1 Å². The molecule has 0 atom stereocenters. The molecular weight excluding hydrogens is 206 g/mol. The molecule has 0 aromatic rings. The number of nitrogens with one attached hydrogen (secondary N) is 1. The van der Waals surface area contributed by atoms with Gasteiger partial charge in [-0.1, -0.05) is 41.5 Å². The van der Waals surface area contributed by atoms with Crippen molar-refractivity contribution in [3.63, 3.8) is 0 Å². The molecule has 0 radical (unpaired) electrons. The van der Waals surface area contributed by atoms with Crippen LogP contribution in [0.1, 0.15) is 41.5 Å². The Hall–Kier alpha value is -1.13. The van der Waals surface area contributed by atoms with Gasteiger partial charge in [0.05, 0.1) is 5.29 Å². The lowest BCUT2D eigenvalue weighted by atomic mass is 9.92. The van der Waals surface area contributed by atoms with Gasteiger partial charge in [-0.05, 0) is 10.8 Å². The third-order valence-corrected chi connectivity index (χ3v) is 1.76. The number of carbonyl (C=O) groups excluding carboxylic acids is 1. The van der Waals surface area contributed by atoms with Crippen molar-refractivity contribution in [1.82, 2.24) is 10.3 Å². The van der Waals surface area contributed by atoms with Gasteiger partial charge in [0.2, 0.25) is 0 Å². The smallest absolute Gasteiger partial charge is 0.322 e. The van der Waals surface area contributed by atoms with Gasteiger partial charge in [0.1, 0.15) is 0 Å². The highest BCUT2D eigenvalue weighted by Gasteiger charge is 2.25. The summed E-state index contributed by atoms with van der Waals surface area (Å²) in [6.07, 6.45) is 0. The molecule has 5 nitrogen and oxygen atoms in total. The maximum Gasteiger partial charge on any atom is 0.340 e. The summed E-state index contributed by atoms with van der Waals surface area (Å²) in [6, 6.07) is -0.431. The topological polar surface area (TPSA) is 61.8 Å². The SMILES string of the molecule is CC(C)(C)CN(CC(C)(C)C)C(=O)NN=O. The van der Waals surface area contributed by atoms with Crippen molar-refractivity contribution in [3.8, 4) is 0 Å². The number of hydrogen-bond donors (Lipinski definition) is 1. The molecule has 0 aromatic carbocycles. The standard InChI is InChI=1S/C11H23N3O2/c1-10(2,3)7-14(8-11(4,5)6)9(15)12-13-16/h7-8H2,1-6H3,(H,12,15,16). The number of hydrogen-bond acceptors (Lipinski definition) is 3. The Bertz CT molecular complexity index is 235. The molecule has 0 aliphatic heterocycles. The quantitative estimate of drug-likeness (QED) is 0.597. The monoisotopic (exact) mass is 229 g/mol. The zero-order chi connectivity index (χ0) is 13.0. The number of amides is 2. The highest BCUT2D eigenvalue weighted by atomic mass is 16.3. The Morgan fingerprint density at radius 3 is 1.69 bits per heavy atom. The van der Waals surface area contributed by atoms with Gasteiger partial charge in [0.15, 0.2) is 0 Å². The first-order valence-electron chi connectivity index (χ1n) is 5.42. The van der Waals surface area contributed by atoms with E-state index in [1.165, 1.54) is 0 Å². The zero-order valence-corrected chi connectivity index (χ0v) is 11.1. The van der Waals surface area contributed by atoms with Gasteiger partial charge in [-0.25, -0.2) is 4.79 Å². The van der Waals surface area contributed by atoms with Crippen LogP contribution in [0.5, 0.6) is 0 Å². The molecule has 0 unspecified atom stereocenters. The number of urea groups is 1. The van der Waals surface area contributed by atoms with E-state index in [1.54, 1.807) is 4.90 Å². The molecule has 16 heavy (non-hydrogen) atoms. The van der Waals surface area contributed by atoms with E-state index < -0.39 is 6.03 Å². The summed E-state index contributed by atoms with van der Waals surface area (Å²) in [5, 5.41) is 2.43. The van der Waals surface area contributed by atoms with Gasteiger partial charge < -0.3 is 4.90 Å². The predicted molar refractivity (Wildman–Crippen MR) is 64.8 cm³/mol. The second-order valence-corrected chi connectivity index (χ2v) is 6.49. The number of carbonyl (C=O) groups is 1. The fourth-order valence-corrected chi connectivity index (χ4v) is 1.45. The Kier molecular flexibility index (Phi) is 4.90. The molecule has 0 aromatic heterocycles. The van der Waals surface area contributed by atoms with Crippen molar-refractivity contribution in [2.45, 2.75) is 41.5 Å². The van der Waals surface area contributed by atoms with Crippen LogP contribution in [0.25, 0.3) is 0 Å². The summed E-state index contributed by atoms with van der Waals surface area (Å²) in [4.78, 5) is 23.3. The van der Waals surface area contributed by atoms with E-state index in [9.17, 15) is 9.70 Å². The molecule has 0 bridgehead atoms. The van der Waals surface area contributed by atoms with Crippen LogP contribution < -0.4 is 5.43 Å². The molecule has 0 aliphatic rings. The largest absolute Gasteiger partial charge is 0.340 e. The van der Waals surface area contributed by atoms with Crippen molar-refractivity contribution in [2.75, 3.05) is 13.1 Å². The molecular formula is C11H23N3O2. The molecule has 0 heterocycles. The number of nitroso groups, excluding NO2 is 1. The molecule has 5 heteroatoms. The van der Waals surface area contributed by atoms with Crippen LogP contribution in [0.2, 0.25) is 0 Å². The average molecular weight is 229 g/mol. The first-order valence-corrected chi connectivity index (χ1v) is 5.42. The van der Waals surface area contributed by atoms with Crippen LogP contribution >= 0.6 is 0 Å². The normalized spacial score (nSPS) is 12.1. The van der Waals surface area contributed by atoms with Gasteiger partial charge >= 0.3 is 6.03 Å². The Labute approximate surface area is 97.5 Å². The predicted octanol–water partition coefficient (Wildman–Crippen LogP) is 2.77. The van der Waals surface area contributed by atoms with Crippen molar-refractivity contribution < 1.29 is 4.79 Å². The summed E-state index contributed by atoms with van der Waals surface area (Å²) in [6.45, 7) is 13.5. The van der Waals surface area contributed by atoms with Crippen LogP contribution in [0, 0.1) is 15.7 Å². The second-order valence-electron chi connectivity index (χ2n) is 6.49. The van der Waals surface area contributed by atoms with Crippen LogP contribution in [-0.2, 0) is 0 Å². The van der Waals surface area contributed by atoms with Crippen molar-refractivity contribution in [3.05, 3.63) is 4.91 Å².